The number of hydrogen-bond acceptors (Lipinski definition) is 6. The number of aromatic nitrogens is 3. The minimum Gasteiger partial charge on any atom is -0.378 e. The van der Waals surface area contributed by atoms with Crippen molar-refractivity contribution in [3.63, 3.8) is 0 Å². The van der Waals surface area contributed by atoms with Crippen molar-refractivity contribution in [2.75, 3.05) is 19.8 Å². The van der Waals surface area contributed by atoms with Crippen molar-refractivity contribution >= 4 is 0 Å². The van der Waals surface area contributed by atoms with Crippen LogP contribution in [0.15, 0.2) is 22.9 Å². The first-order valence-electron chi connectivity index (χ1n) is 5.91. The van der Waals surface area contributed by atoms with Gasteiger partial charge in [0.2, 0.25) is 0 Å². The van der Waals surface area contributed by atoms with Crippen LogP contribution in [-0.4, -0.2) is 34.9 Å². The molecule has 1 atom stereocenters. The molecule has 1 aliphatic rings. The summed E-state index contributed by atoms with van der Waals surface area (Å²) in [7, 11) is 0. The molecule has 3 heterocycles. The lowest BCUT2D eigenvalue weighted by Gasteiger charge is -2.20. The van der Waals surface area contributed by atoms with E-state index in [1.54, 1.807) is 6.20 Å². The van der Waals surface area contributed by atoms with Crippen molar-refractivity contribution in [3.8, 4) is 11.6 Å². The van der Waals surface area contributed by atoms with Gasteiger partial charge in [-0.15, -0.1) is 0 Å². The second-order valence-corrected chi connectivity index (χ2v) is 4.21. The highest BCUT2D eigenvalue weighted by atomic mass is 16.5. The minimum atomic E-state index is 0.000248. The van der Waals surface area contributed by atoms with E-state index in [4.69, 9.17) is 9.26 Å². The average Bonchev–Trinajstić information content (AvgIpc) is 2.90. The Morgan fingerprint density at radius 3 is 3.17 bits per heavy atom. The van der Waals surface area contributed by atoms with E-state index >= 15 is 0 Å². The van der Waals surface area contributed by atoms with Crippen molar-refractivity contribution in [1.29, 1.82) is 0 Å². The lowest BCUT2D eigenvalue weighted by atomic mass is 10.2. The Hall–Kier alpha value is -1.79. The summed E-state index contributed by atoms with van der Waals surface area (Å²) in [5, 5.41) is 7.27. The Kier molecular flexibility index (Phi) is 3.04. The van der Waals surface area contributed by atoms with Gasteiger partial charge in [-0.25, -0.2) is 0 Å². The number of rotatable bonds is 2. The van der Waals surface area contributed by atoms with Crippen LogP contribution < -0.4 is 5.32 Å². The Morgan fingerprint density at radius 2 is 2.39 bits per heavy atom. The van der Waals surface area contributed by atoms with Gasteiger partial charge in [0.15, 0.2) is 5.82 Å². The molecule has 1 fully saturated rings. The Morgan fingerprint density at radius 1 is 1.44 bits per heavy atom. The van der Waals surface area contributed by atoms with Crippen molar-refractivity contribution in [3.05, 3.63) is 29.7 Å². The van der Waals surface area contributed by atoms with E-state index in [0.717, 1.165) is 24.4 Å². The van der Waals surface area contributed by atoms with E-state index in [0.29, 0.717) is 18.3 Å². The summed E-state index contributed by atoms with van der Waals surface area (Å²) in [6, 6.07) is 3.85. The monoisotopic (exact) mass is 246 g/mol. The molecule has 0 amide bonds. The Balaban J connectivity index is 1.87. The second-order valence-electron chi connectivity index (χ2n) is 4.21. The van der Waals surface area contributed by atoms with Gasteiger partial charge in [0.25, 0.3) is 5.89 Å². The lowest BCUT2D eigenvalue weighted by Crippen LogP contribution is -2.35. The fourth-order valence-corrected chi connectivity index (χ4v) is 1.91. The topological polar surface area (TPSA) is 73.1 Å². The fourth-order valence-electron chi connectivity index (χ4n) is 1.91. The maximum atomic E-state index is 5.38. The van der Waals surface area contributed by atoms with Gasteiger partial charge in [0.1, 0.15) is 5.69 Å². The van der Waals surface area contributed by atoms with Crippen molar-refractivity contribution in [2.45, 2.75) is 13.0 Å². The molecule has 0 saturated carbocycles. The maximum Gasteiger partial charge on any atom is 0.276 e. The molecular weight excluding hydrogens is 232 g/mol. The van der Waals surface area contributed by atoms with E-state index in [1.165, 1.54) is 0 Å². The number of pyridine rings is 1. The molecule has 2 aromatic heterocycles. The number of aryl methyl sites for hydroxylation is 1. The van der Waals surface area contributed by atoms with E-state index in [9.17, 15) is 0 Å². The molecule has 1 aliphatic heterocycles. The molecule has 6 heteroatoms. The molecule has 1 N–H and O–H groups in total. The van der Waals surface area contributed by atoms with Crippen LogP contribution in [0.3, 0.4) is 0 Å². The quantitative estimate of drug-likeness (QED) is 0.855. The molecule has 6 nitrogen and oxygen atoms in total. The van der Waals surface area contributed by atoms with Gasteiger partial charge in [0, 0.05) is 12.7 Å². The average molecular weight is 246 g/mol. The van der Waals surface area contributed by atoms with Crippen LogP contribution in [-0.2, 0) is 4.74 Å². The molecule has 18 heavy (non-hydrogen) atoms. The third kappa shape index (κ3) is 2.12. The van der Waals surface area contributed by atoms with Gasteiger partial charge >= 0.3 is 0 Å². The molecular formula is C12H14N4O2. The van der Waals surface area contributed by atoms with Gasteiger partial charge in [-0.2, -0.15) is 4.98 Å². The van der Waals surface area contributed by atoms with Gasteiger partial charge < -0.3 is 14.6 Å². The van der Waals surface area contributed by atoms with Crippen LogP contribution in [0.5, 0.6) is 0 Å². The van der Waals surface area contributed by atoms with E-state index in [2.05, 4.69) is 20.4 Å². The molecule has 3 rings (SSSR count). The molecule has 0 spiro atoms. The molecule has 1 unspecified atom stereocenters. The minimum absolute atomic E-state index is 0.000248. The number of hydrogen-bond donors (Lipinski definition) is 1. The molecule has 0 aliphatic carbocycles. The zero-order chi connectivity index (χ0) is 12.4. The zero-order valence-electron chi connectivity index (χ0n) is 10.1. The van der Waals surface area contributed by atoms with E-state index < -0.39 is 0 Å². The van der Waals surface area contributed by atoms with Crippen molar-refractivity contribution in [2.24, 2.45) is 0 Å². The SMILES string of the molecule is Cc1cccnc1-c1nc(C2COCCN2)no1. The number of morpholine rings is 1. The van der Waals surface area contributed by atoms with Crippen LogP contribution in [0.1, 0.15) is 17.4 Å². The maximum absolute atomic E-state index is 5.38. The molecule has 94 valence electrons. The molecule has 0 aromatic carbocycles. The van der Waals surface area contributed by atoms with Gasteiger partial charge in [0.05, 0.1) is 19.3 Å². The Labute approximate surface area is 104 Å². The smallest absolute Gasteiger partial charge is 0.276 e. The summed E-state index contributed by atoms with van der Waals surface area (Å²) in [5.41, 5.74) is 1.74. The summed E-state index contributed by atoms with van der Waals surface area (Å²) in [6.07, 6.45) is 1.72. The highest BCUT2D eigenvalue weighted by Gasteiger charge is 2.22. The number of ether oxygens (including phenoxy) is 1. The fraction of sp³-hybridized carbons (Fsp3) is 0.417. The summed E-state index contributed by atoms with van der Waals surface area (Å²) in [6.45, 7) is 4.06. The number of nitrogens with zero attached hydrogens (tertiary/aromatic N) is 3. The van der Waals surface area contributed by atoms with Crippen molar-refractivity contribution in [1.82, 2.24) is 20.4 Å². The summed E-state index contributed by atoms with van der Waals surface area (Å²) in [4.78, 5) is 8.64. The van der Waals surface area contributed by atoms with Gasteiger partial charge in [-0.1, -0.05) is 11.2 Å². The third-order valence-corrected chi connectivity index (χ3v) is 2.89. The predicted molar refractivity (Wildman–Crippen MR) is 63.8 cm³/mol. The Bertz CT molecular complexity index is 534. The van der Waals surface area contributed by atoms with Crippen LogP contribution in [0.4, 0.5) is 0 Å². The van der Waals surface area contributed by atoms with Crippen LogP contribution in [0.2, 0.25) is 0 Å². The van der Waals surface area contributed by atoms with Crippen LogP contribution in [0.25, 0.3) is 11.6 Å². The predicted octanol–water partition coefficient (Wildman–Crippen LogP) is 1.10. The molecule has 0 radical (unpaired) electrons. The first-order chi connectivity index (χ1) is 8.84. The van der Waals surface area contributed by atoms with Gasteiger partial charge in [-0.05, 0) is 18.6 Å². The van der Waals surface area contributed by atoms with E-state index in [1.807, 2.05) is 19.1 Å². The lowest BCUT2D eigenvalue weighted by molar-refractivity contribution is 0.0734. The third-order valence-electron chi connectivity index (χ3n) is 2.89. The summed E-state index contributed by atoms with van der Waals surface area (Å²) >= 11 is 0. The molecule has 2 aromatic rings. The van der Waals surface area contributed by atoms with Crippen LogP contribution in [0, 0.1) is 6.92 Å². The first-order valence-corrected chi connectivity index (χ1v) is 5.91. The first kappa shape index (κ1) is 11.3. The summed E-state index contributed by atoms with van der Waals surface area (Å²) in [5.74, 6) is 1.07. The van der Waals surface area contributed by atoms with E-state index in [-0.39, 0.29) is 6.04 Å². The zero-order valence-corrected chi connectivity index (χ0v) is 10.1. The number of nitrogens with one attached hydrogen (secondary N) is 1. The standard InChI is InChI=1S/C12H14N4O2/c1-8-3-2-4-14-10(8)12-15-11(16-18-12)9-7-17-6-5-13-9/h2-4,9,13H,5-7H2,1H3. The van der Waals surface area contributed by atoms with Crippen LogP contribution >= 0.6 is 0 Å². The molecule has 1 saturated heterocycles. The van der Waals surface area contributed by atoms with Crippen molar-refractivity contribution < 1.29 is 9.26 Å². The summed E-state index contributed by atoms with van der Waals surface area (Å²) < 4.78 is 10.6. The second kappa shape index (κ2) is 4.83. The largest absolute Gasteiger partial charge is 0.378 e. The normalized spacial score (nSPS) is 19.9. The highest BCUT2D eigenvalue weighted by molar-refractivity contribution is 5.51. The highest BCUT2D eigenvalue weighted by Crippen LogP contribution is 2.21. The molecule has 0 bridgehead atoms. The van der Waals surface area contributed by atoms with Gasteiger partial charge in [-0.3, -0.25) is 4.98 Å².